The van der Waals surface area contributed by atoms with E-state index in [-0.39, 0.29) is 11.6 Å². The number of nitro groups is 1. The van der Waals surface area contributed by atoms with E-state index in [0.717, 1.165) is 6.42 Å². The third kappa shape index (κ3) is 6.23. The first-order valence-corrected chi connectivity index (χ1v) is 8.59. The molecule has 7 nitrogen and oxygen atoms in total. The van der Waals surface area contributed by atoms with Gasteiger partial charge in [0.05, 0.1) is 15.6 Å². The third-order valence-corrected chi connectivity index (χ3v) is 3.82. The molecule has 0 saturated heterocycles. The summed E-state index contributed by atoms with van der Waals surface area (Å²) in [5.41, 5.74) is 1.33. The van der Waals surface area contributed by atoms with Crippen molar-refractivity contribution in [3.63, 3.8) is 0 Å². The number of nitro benzene ring substituents is 1. The Labute approximate surface area is 161 Å². The number of carbonyl (C=O) groups excluding carboxylic acids is 2. The van der Waals surface area contributed by atoms with Crippen molar-refractivity contribution in [1.29, 1.82) is 0 Å². The van der Waals surface area contributed by atoms with Crippen molar-refractivity contribution in [1.82, 2.24) is 0 Å². The van der Waals surface area contributed by atoms with E-state index in [9.17, 15) is 19.7 Å². The minimum Gasteiger partial charge on any atom is -0.326 e. The fraction of sp³-hybridized carbons (Fsp3) is 0.158. The number of halogens is 1. The molecule has 140 valence electrons. The Morgan fingerprint density at radius 3 is 2.67 bits per heavy atom. The molecule has 2 amide bonds. The second-order valence-corrected chi connectivity index (χ2v) is 6.07. The van der Waals surface area contributed by atoms with Crippen LogP contribution in [0.4, 0.5) is 17.1 Å². The fourth-order valence-electron chi connectivity index (χ4n) is 2.24. The lowest BCUT2D eigenvalue weighted by Gasteiger charge is -2.09. The van der Waals surface area contributed by atoms with Gasteiger partial charge >= 0.3 is 0 Å². The van der Waals surface area contributed by atoms with Crippen LogP contribution in [0, 0.1) is 10.1 Å². The SMILES string of the molecule is CCCC(=O)Nc1ccc(Cl)c(NC(=O)/C=C/c2cccc([N+](=O)[O-])c2)c1. The molecule has 0 heterocycles. The van der Waals surface area contributed by atoms with Crippen molar-refractivity contribution >= 4 is 46.6 Å². The number of amides is 2. The lowest BCUT2D eigenvalue weighted by atomic mass is 10.2. The third-order valence-electron chi connectivity index (χ3n) is 3.49. The normalized spacial score (nSPS) is 10.6. The van der Waals surface area contributed by atoms with E-state index in [2.05, 4.69) is 10.6 Å². The molecule has 0 spiro atoms. The van der Waals surface area contributed by atoms with E-state index in [0.29, 0.717) is 28.4 Å². The Morgan fingerprint density at radius 2 is 1.96 bits per heavy atom. The van der Waals surface area contributed by atoms with Crippen LogP contribution in [0.2, 0.25) is 5.02 Å². The highest BCUT2D eigenvalue weighted by molar-refractivity contribution is 6.34. The predicted molar refractivity (Wildman–Crippen MR) is 106 cm³/mol. The van der Waals surface area contributed by atoms with Gasteiger partial charge in [-0.1, -0.05) is 30.7 Å². The van der Waals surface area contributed by atoms with Gasteiger partial charge in [0.15, 0.2) is 0 Å². The molecular formula is C19H18ClN3O4. The van der Waals surface area contributed by atoms with Gasteiger partial charge in [0.2, 0.25) is 11.8 Å². The van der Waals surface area contributed by atoms with Crippen LogP contribution in [0.15, 0.2) is 48.5 Å². The van der Waals surface area contributed by atoms with E-state index >= 15 is 0 Å². The minimum absolute atomic E-state index is 0.0591. The second kappa shape index (κ2) is 9.49. The maximum Gasteiger partial charge on any atom is 0.270 e. The first kappa shape index (κ1) is 20.1. The van der Waals surface area contributed by atoms with Gasteiger partial charge in [-0.15, -0.1) is 0 Å². The van der Waals surface area contributed by atoms with Crippen LogP contribution in [0.25, 0.3) is 6.08 Å². The van der Waals surface area contributed by atoms with Crippen molar-refractivity contribution in [3.05, 3.63) is 69.2 Å². The molecule has 0 aliphatic heterocycles. The summed E-state index contributed by atoms with van der Waals surface area (Å²) in [5, 5.41) is 16.4. The van der Waals surface area contributed by atoms with Crippen molar-refractivity contribution in [2.24, 2.45) is 0 Å². The lowest BCUT2D eigenvalue weighted by molar-refractivity contribution is -0.384. The number of anilines is 2. The van der Waals surface area contributed by atoms with Gasteiger partial charge in [-0.3, -0.25) is 19.7 Å². The first-order valence-electron chi connectivity index (χ1n) is 8.22. The van der Waals surface area contributed by atoms with Crippen LogP contribution < -0.4 is 10.6 Å². The number of hydrogen-bond donors (Lipinski definition) is 2. The molecule has 0 aliphatic rings. The molecule has 2 aromatic carbocycles. The highest BCUT2D eigenvalue weighted by Gasteiger charge is 2.08. The molecule has 0 radical (unpaired) electrons. The fourth-order valence-corrected chi connectivity index (χ4v) is 2.40. The molecule has 0 aromatic heterocycles. The van der Waals surface area contributed by atoms with Crippen LogP contribution >= 0.6 is 11.6 Å². The largest absolute Gasteiger partial charge is 0.326 e. The van der Waals surface area contributed by atoms with Crippen molar-refractivity contribution in [2.75, 3.05) is 10.6 Å². The number of hydrogen-bond acceptors (Lipinski definition) is 4. The molecule has 0 aliphatic carbocycles. The van der Waals surface area contributed by atoms with Crippen molar-refractivity contribution in [2.45, 2.75) is 19.8 Å². The standard InChI is InChI=1S/C19H18ClN3O4/c1-2-4-18(24)21-14-8-9-16(20)17(12-14)22-19(25)10-7-13-5-3-6-15(11-13)23(26)27/h3,5-12H,2,4H2,1H3,(H,21,24)(H,22,25)/b10-7+. The molecule has 2 aromatic rings. The quantitative estimate of drug-likeness (QED) is 0.410. The maximum absolute atomic E-state index is 12.1. The monoisotopic (exact) mass is 387 g/mol. The molecule has 0 fully saturated rings. The molecular weight excluding hydrogens is 370 g/mol. The number of nitrogens with one attached hydrogen (secondary N) is 2. The van der Waals surface area contributed by atoms with Crippen LogP contribution in [-0.4, -0.2) is 16.7 Å². The Morgan fingerprint density at radius 1 is 1.19 bits per heavy atom. The average molecular weight is 388 g/mol. The van der Waals surface area contributed by atoms with Crippen LogP contribution in [-0.2, 0) is 9.59 Å². The Kier molecular flexibility index (Phi) is 7.08. The summed E-state index contributed by atoms with van der Waals surface area (Å²) in [6, 6.07) is 10.7. The maximum atomic E-state index is 12.1. The zero-order valence-electron chi connectivity index (χ0n) is 14.6. The summed E-state index contributed by atoms with van der Waals surface area (Å²) in [7, 11) is 0. The summed E-state index contributed by atoms with van der Waals surface area (Å²) in [4.78, 5) is 34.1. The van der Waals surface area contributed by atoms with Gasteiger partial charge in [-0.05, 0) is 36.3 Å². The lowest BCUT2D eigenvalue weighted by Crippen LogP contribution is -2.12. The predicted octanol–water partition coefficient (Wildman–Crippen LogP) is 4.64. The van der Waals surface area contributed by atoms with Gasteiger partial charge in [-0.2, -0.15) is 0 Å². The summed E-state index contributed by atoms with van der Waals surface area (Å²) in [6.07, 6.45) is 3.84. The smallest absolute Gasteiger partial charge is 0.270 e. The van der Waals surface area contributed by atoms with Crippen LogP contribution in [0.5, 0.6) is 0 Å². The average Bonchev–Trinajstić information content (AvgIpc) is 2.63. The van der Waals surface area contributed by atoms with Gasteiger partial charge in [0.1, 0.15) is 0 Å². The van der Waals surface area contributed by atoms with Crippen LogP contribution in [0.3, 0.4) is 0 Å². The molecule has 2 rings (SSSR count). The summed E-state index contributed by atoms with van der Waals surface area (Å²) < 4.78 is 0. The van der Waals surface area contributed by atoms with Crippen molar-refractivity contribution < 1.29 is 14.5 Å². The van der Waals surface area contributed by atoms with E-state index in [4.69, 9.17) is 11.6 Å². The summed E-state index contributed by atoms with van der Waals surface area (Å²) in [5.74, 6) is -0.580. The van der Waals surface area contributed by atoms with E-state index in [1.54, 1.807) is 24.3 Å². The molecule has 2 N–H and O–H groups in total. The van der Waals surface area contributed by atoms with Crippen LogP contribution in [0.1, 0.15) is 25.3 Å². The Balaban J connectivity index is 2.07. The Hall–Kier alpha value is -3.19. The summed E-state index contributed by atoms with van der Waals surface area (Å²) >= 11 is 6.08. The highest BCUT2D eigenvalue weighted by Crippen LogP contribution is 2.26. The molecule has 0 atom stereocenters. The van der Waals surface area contributed by atoms with E-state index in [1.807, 2.05) is 6.92 Å². The second-order valence-electron chi connectivity index (χ2n) is 5.67. The van der Waals surface area contributed by atoms with E-state index in [1.165, 1.54) is 30.4 Å². The highest BCUT2D eigenvalue weighted by atomic mass is 35.5. The number of non-ortho nitro benzene ring substituents is 1. The molecule has 0 bridgehead atoms. The van der Waals surface area contributed by atoms with Crippen molar-refractivity contribution in [3.8, 4) is 0 Å². The topological polar surface area (TPSA) is 101 Å². The molecule has 8 heteroatoms. The number of nitrogens with zero attached hydrogens (tertiary/aromatic N) is 1. The molecule has 27 heavy (non-hydrogen) atoms. The zero-order chi connectivity index (χ0) is 19.8. The van der Waals surface area contributed by atoms with Gasteiger partial charge in [0.25, 0.3) is 5.69 Å². The zero-order valence-corrected chi connectivity index (χ0v) is 15.3. The summed E-state index contributed by atoms with van der Waals surface area (Å²) in [6.45, 7) is 1.90. The van der Waals surface area contributed by atoms with Gasteiger partial charge in [-0.25, -0.2) is 0 Å². The molecule has 0 unspecified atom stereocenters. The minimum atomic E-state index is -0.504. The van der Waals surface area contributed by atoms with Gasteiger partial charge in [0, 0.05) is 30.3 Å². The number of benzene rings is 2. The first-order chi connectivity index (χ1) is 12.9. The Bertz CT molecular complexity index is 896. The van der Waals surface area contributed by atoms with E-state index < -0.39 is 10.8 Å². The molecule has 0 saturated carbocycles. The number of rotatable bonds is 7. The van der Waals surface area contributed by atoms with Gasteiger partial charge < -0.3 is 10.6 Å². The number of carbonyl (C=O) groups is 2.